The minimum atomic E-state index is 0.276. The zero-order valence-corrected chi connectivity index (χ0v) is 10.7. The molecule has 0 aliphatic heterocycles. The fourth-order valence-electron chi connectivity index (χ4n) is 1.21. The molecule has 0 heterocycles. The molecule has 3 nitrogen and oxygen atoms in total. The Kier molecular flexibility index (Phi) is 10.3. The number of hydrogen-bond donors (Lipinski definition) is 1. The van der Waals surface area contributed by atoms with E-state index in [-0.39, 0.29) is 6.10 Å². The Morgan fingerprint density at radius 3 is 2.47 bits per heavy atom. The predicted molar refractivity (Wildman–Crippen MR) is 64.2 cm³/mol. The molecule has 0 aromatic heterocycles. The van der Waals surface area contributed by atoms with Gasteiger partial charge in [-0.25, -0.2) is 0 Å². The van der Waals surface area contributed by atoms with Gasteiger partial charge in [0.15, 0.2) is 0 Å². The molecule has 0 aliphatic rings. The van der Waals surface area contributed by atoms with E-state index in [0.29, 0.717) is 13.2 Å². The minimum Gasteiger partial charge on any atom is -0.379 e. The molecule has 15 heavy (non-hydrogen) atoms. The molecule has 0 rings (SSSR count). The molecule has 1 N–H and O–H groups in total. The van der Waals surface area contributed by atoms with E-state index < -0.39 is 0 Å². The zero-order valence-electron chi connectivity index (χ0n) is 10.7. The molecule has 0 radical (unpaired) electrons. The van der Waals surface area contributed by atoms with Crippen molar-refractivity contribution in [2.75, 3.05) is 32.9 Å². The van der Waals surface area contributed by atoms with Crippen LogP contribution in [-0.4, -0.2) is 39.0 Å². The Bertz CT molecular complexity index is 129. The van der Waals surface area contributed by atoms with Crippen LogP contribution >= 0.6 is 0 Å². The van der Waals surface area contributed by atoms with Crippen LogP contribution in [0.15, 0.2) is 0 Å². The molecule has 0 aromatic carbocycles. The van der Waals surface area contributed by atoms with Crippen molar-refractivity contribution in [3.8, 4) is 0 Å². The monoisotopic (exact) mass is 217 g/mol. The van der Waals surface area contributed by atoms with Gasteiger partial charge < -0.3 is 14.8 Å². The normalized spacial score (nSPS) is 13.4. The van der Waals surface area contributed by atoms with Crippen molar-refractivity contribution in [2.45, 2.75) is 40.2 Å². The van der Waals surface area contributed by atoms with Crippen molar-refractivity contribution in [2.24, 2.45) is 5.92 Å². The fourth-order valence-corrected chi connectivity index (χ4v) is 1.21. The van der Waals surface area contributed by atoms with Crippen molar-refractivity contribution in [3.05, 3.63) is 0 Å². The molecule has 0 aliphatic carbocycles. The van der Waals surface area contributed by atoms with Crippen LogP contribution in [0.2, 0.25) is 0 Å². The first-order valence-corrected chi connectivity index (χ1v) is 6.06. The van der Waals surface area contributed by atoms with Gasteiger partial charge in [-0.2, -0.15) is 0 Å². The number of nitrogens with one attached hydrogen (secondary N) is 1. The summed E-state index contributed by atoms with van der Waals surface area (Å²) in [6.07, 6.45) is 1.50. The van der Waals surface area contributed by atoms with Gasteiger partial charge in [0.1, 0.15) is 0 Å². The van der Waals surface area contributed by atoms with E-state index in [1.54, 1.807) is 0 Å². The lowest BCUT2D eigenvalue weighted by molar-refractivity contribution is 0.0159. The second kappa shape index (κ2) is 10.4. The second-order valence-corrected chi connectivity index (χ2v) is 4.26. The lowest BCUT2D eigenvalue weighted by Crippen LogP contribution is -2.29. The van der Waals surface area contributed by atoms with Gasteiger partial charge in [0.2, 0.25) is 0 Å². The summed E-state index contributed by atoms with van der Waals surface area (Å²) in [5, 5.41) is 3.39. The molecule has 0 aromatic rings. The third kappa shape index (κ3) is 11.8. The SMILES string of the molecule is CCOCCOC(C)CNCCC(C)C. The third-order valence-electron chi connectivity index (χ3n) is 2.16. The van der Waals surface area contributed by atoms with Gasteiger partial charge >= 0.3 is 0 Å². The van der Waals surface area contributed by atoms with Crippen LogP contribution in [0.1, 0.15) is 34.1 Å². The average molecular weight is 217 g/mol. The summed E-state index contributed by atoms with van der Waals surface area (Å²) in [6, 6.07) is 0. The highest BCUT2D eigenvalue weighted by Crippen LogP contribution is 1.96. The summed E-state index contributed by atoms with van der Waals surface area (Å²) in [5.41, 5.74) is 0. The van der Waals surface area contributed by atoms with Crippen LogP contribution in [0.25, 0.3) is 0 Å². The van der Waals surface area contributed by atoms with Crippen molar-refractivity contribution >= 4 is 0 Å². The van der Waals surface area contributed by atoms with Crippen molar-refractivity contribution < 1.29 is 9.47 Å². The van der Waals surface area contributed by atoms with Crippen LogP contribution in [0, 0.1) is 5.92 Å². The largest absolute Gasteiger partial charge is 0.379 e. The molecular formula is C12H27NO2. The summed E-state index contributed by atoms with van der Waals surface area (Å²) < 4.78 is 10.8. The minimum absolute atomic E-state index is 0.276. The van der Waals surface area contributed by atoms with E-state index >= 15 is 0 Å². The number of ether oxygens (including phenoxy) is 2. The number of hydrogen-bond acceptors (Lipinski definition) is 3. The lowest BCUT2D eigenvalue weighted by atomic mass is 10.1. The van der Waals surface area contributed by atoms with Crippen molar-refractivity contribution in [1.82, 2.24) is 5.32 Å². The molecule has 1 atom stereocenters. The van der Waals surface area contributed by atoms with Gasteiger partial charge in [-0.05, 0) is 32.7 Å². The fraction of sp³-hybridized carbons (Fsp3) is 1.00. The first-order chi connectivity index (χ1) is 7.16. The third-order valence-corrected chi connectivity index (χ3v) is 2.16. The Balaban J connectivity index is 3.15. The van der Waals surface area contributed by atoms with Gasteiger partial charge in [-0.3, -0.25) is 0 Å². The molecule has 0 spiro atoms. The van der Waals surface area contributed by atoms with E-state index in [1.807, 2.05) is 6.92 Å². The Morgan fingerprint density at radius 1 is 1.13 bits per heavy atom. The quantitative estimate of drug-likeness (QED) is 0.568. The van der Waals surface area contributed by atoms with Crippen molar-refractivity contribution in [1.29, 1.82) is 0 Å². The Hall–Kier alpha value is -0.120. The van der Waals surface area contributed by atoms with Crippen LogP contribution < -0.4 is 5.32 Å². The van der Waals surface area contributed by atoms with Gasteiger partial charge in [-0.1, -0.05) is 13.8 Å². The summed E-state index contributed by atoms with van der Waals surface area (Å²) in [4.78, 5) is 0. The second-order valence-electron chi connectivity index (χ2n) is 4.26. The van der Waals surface area contributed by atoms with Crippen LogP contribution in [0.3, 0.4) is 0 Å². The maximum atomic E-state index is 5.56. The lowest BCUT2D eigenvalue weighted by Gasteiger charge is -2.14. The molecule has 3 heteroatoms. The smallest absolute Gasteiger partial charge is 0.0704 e. The maximum absolute atomic E-state index is 5.56. The molecule has 1 unspecified atom stereocenters. The van der Waals surface area contributed by atoms with E-state index in [1.165, 1.54) is 6.42 Å². The van der Waals surface area contributed by atoms with E-state index in [2.05, 4.69) is 26.1 Å². The van der Waals surface area contributed by atoms with Crippen LogP contribution in [0.5, 0.6) is 0 Å². The highest BCUT2D eigenvalue weighted by atomic mass is 16.5. The standard InChI is InChI=1S/C12H27NO2/c1-5-14-8-9-15-12(4)10-13-7-6-11(2)3/h11-13H,5-10H2,1-4H3. The molecule has 0 amide bonds. The van der Waals surface area contributed by atoms with Gasteiger partial charge in [0, 0.05) is 13.2 Å². The summed E-state index contributed by atoms with van der Waals surface area (Å²) in [6.45, 7) is 12.7. The van der Waals surface area contributed by atoms with Crippen molar-refractivity contribution in [3.63, 3.8) is 0 Å². The molecule has 0 saturated heterocycles. The summed E-state index contributed by atoms with van der Waals surface area (Å²) >= 11 is 0. The first kappa shape index (κ1) is 14.9. The van der Waals surface area contributed by atoms with Crippen LogP contribution in [0.4, 0.5) is 0 Å². The summed E-state index contributed by atoms with van der Waals surface area (Å²) in [5.74, 6) is 0.770. The molecule has 0 saturated carbocycles. The van der Waals surface area contributed by atoms with Gasteiger partial charge in [-0.15, -0.1) is 0 Å². The van der Waals surface area contributed by atoms with E-state index in [4.69, 9.17) is 9.47 Å². The number of rotatable bonds is 10. The molecule has 0 fully saturated rings. The molecule has 0 bridgehead atoms. The topological polar surface area (TPSA) is 30.5 Å². The Labute approximate surface area is 94.5 Å². The Morgan fingerprint density at radius 2 is 1.87 bits per heavy atom. The van der Waals surface area contributed by atoms with Gasteiger partial charge in [0.25, 0.3) is 0 Å². The van der Waals surface area contributed by atoms with E-state index in [9.17, 15) is 0 Å². The predicted octanol–water partition coefficient (Wildman–Crippen LogP) is 2.06. The zero-order chi connectivity index (χ0) is 11.5. The maximum Gasteiger partial charge on any atom is 0.0704 e. The molecular weight excluding hydrogens is 190 g/mol. The highest BCUT2D eigenvalue weighted by Gasteiger charge is 2.01. The first-order valence-electron chi connectivity index (χ1n) is 6.06. The highest BCUT2D eigenvalue weighted by molar-refractivity contribution is 4.56. The molecule has 92 valence electrons. The van der Waals surface area contributed by atoms with E-state index in [0.717, 1.165) is 25.6 Å². The van der Waals surface area contributed by atoms with Gasteiger partial charge in [0.05, 0.1) is 19.3 Å². The average Bonchev–Trinajstić information content (AvgIpc) is 2.19. The van der Waals surface area contributed by atoms with Crippen LogP contribution in [-0.2, 0) is 9.47 Å². The summed E-state index contributed by atoms with van der Waals surface area (Å²) in [7, 11) is 0.